The normalized spacial score (nSPS) is 16.7. The molecule has 1 fully saturated rings. The number of imidazole rings is 1. The van der Waals surface area contributed by atoms with E-state index in [0.717, 1.165) is 13.1 Å². The van der Waals surface area contributed by atoms with Crippen LogP contribution in [0, 0.1) is 22.1 Å². The largest absolute Gasteiger partial charge is 0.313 e. The Morgan fingerprint density at radius 1 is 1.59 bits per heavy atom. The number of nitriles is 1. The van der Waals surface area contributed by atoms with E-state index < -0.39 is 0 Å². The molecule has 0 radical (unpaired) electrons. The molecule has 1 saturated heterocycles. The van der Waals surface area contributed by atoms with Gasteiger partial charge in [-0.2, -0.15) is 5.26 Å². The molecule has 0 saturated carbocycles. The molecular weight excluding hydrogens is 342 g/mol. The fourth-order valence-electron chi connectivity index (χ4n) is 3.15. The number of rotatable bonds is 9. The van der Waals surface area contributed by atoms with Gasteiger partial charge in [0.1, 0.15) is 5.65 Å². The minimum absolute atomic E-state index is 0.183. The third-order valence-electron chi connectivity index (χ3n) is 4.73. The second kappa shape index (κ2) is 8.16. The average molecular weight is 365 g/mol. The van der Waals surface area contributed by atoms with Gasteiger partial charge in [0.05, 0.1) is 35.4 Å². The summed E-state index contributed by atoms with van der Waals surface area (Å²) in [7, 11) is 1.66. The number of fused-ring (bicyclic) bond motifs is 1. The Labute approximate surface area is 157 Å². The zero-order valence-corrected chi connectivity index (χ0v) is 15.2. The van der Waals surface area contributed by atoms with Gasteiger partial charge in [-0.25, -0.2) is 9.97 Å². The topological polar surface area (TPSA) is 138 Å². The monoisotopic (exact) mass is 365 g/mol. The summed E-state index contributed by atoms with van der Waals surface area (Å²) in [6.07, 6.45) is 7.31. The van der Waals surface area contributed by atoms with Crippen molar-refractivity contribution in [2.75, 3.05) is 26.7 Å². The zero-order chi connectivity index (χ0) is 19.3. The van der Waals surface area contributed by atoms with E-state index in [4.69, 9.17) is 16.1 Å². The van der Waals surface area contributed by atoms with Crippen LogP contribution in [0.1, 0.15) is 30.3 Å². The number of nitrogens with one attached hydrogen (secondary N) is 4. The molecule has 0 spiro atoms. The first-order valence-corrected chi connectivity index (χ1v) is 8.80. The molecule has 4 N–H and O–H groups in total. The molecule has 2 aromatic rings. The number of nitrogens with zero attached hydrogens (tertiary/aromatic N) is 5. The summed E-state index contributed by atoms with van der Waals surface area (Å²) in [6, 6.07) is 4.04. The highest BCUT2D eigenvalue weighted by Crippen LogP contribution is 2.17. The third kappa shape index (κ3) is 3.92. The average Bonchev–Trinajstić information content (AvgIpc) is 3.11. The first-order valence-electron chi connectivity index (χ1n) is 8.80. The highest BCUT2D eigenvalue weighted by Gasteiger charge is 2.35. The van der Waals surface area contributed by atoms with E-state index in [1.807, 2.05) is 6.07 Å². The van der Waals surface area contributed by atoms with Crippen LogP contribution in [0.4, 0.5) is 0 Å². The second-order valence-corrected chi connectivity index (χ2v) is 6.63. The lowest BCUT2D eigenvalue weighted by molar-refractivity contribution is 0.222. The molecule has 0 aliphatic carbocycles. The van der Waals surface area contributed by atoms with Crippen molar-refractivity contribution in [2.45, 2.75) is 24.3 Å². The summed E-state index contributed by atoms with van der Waals surface area (Å²) in [5, 5.41) is 31.7. The summed E-state index contributed by atoms with van der Waals surface area (Å²) in [6.45, 7) is 2.13. The van der Waals surface area contributed by atoms with Gasteiger partial charge in [0.2, 0.25) is 0 Å². The van der Waals surface area contributed by atoms with Crippen molar-refractivity contribution in [1.82, 2.24) is 25.0 Å². The van der Waals surface area contributed by atoms with Crippen molar-refractivity contribution in [3.63, 3.8) is 0 Å². The molecule has 27 heavy (non-hydrogen) atoms. The van der Waals surface area contributed by atoms with Crippen LogP contribution in [0.5, 0.6) is 0 Å². The third-order valence-corrected chi connectivity index (χ3v) is 4.73. The van der Waals surface area contributed by atoms with Gasteiger partial charge in [-0.15, -0.1) is 0 Å². The first kappa shape index (κ1) is 18.8. The lowest BCUT2D eigenvalue weighted by Crippen LogP contribution is -2.67. The second-order valence-electron chi connectivity index (χ2n) is 6.63. The van der Waals surface area contributed by atoms with Crippen LogP contribution in [0.25, 0.3) is 5.65 Å². The van der Waals surface area contributed by atoms with Gasteiger partial charge < -0.3 is 21.5 Å². The molecule has 0 bridgehead atoms. The molecule has 9 heteroatoms. The van der Waals surface area contributed by atoms with Gasteiger partial charge in [0.15, 0.2) is 5.82 Å². The van der Waals surface area contributed by atoms with E-state index in [1.54, 1.807) is 30.1 Å². The van der Waals surface area contributed by atoms with Crippen molar-refractivity contribution >= 4 is 23.8 Å². The quantitative estimate of drug-likeness (QED) is 0.486. The smallest absolute Gasteiger partial charge is 0.159 e. The standard InChI is InChI=1S/C18H23N9/c1-22-10-13(9-20)15-8-16-24-6-7-27(16)17(26-15)14(21)2-5-25-18(3-4-19)11-23-12-18/h6-10,13,20-21,23,25H,2-3,5,11-12H2,1H3. The molecule has 1 atom stereocenters. The van der Waals surface area contributed by atoms with Crippen LogP contribution in [0.2, 0.25) is 0 Å². The predicted octanol–water partition coefficient (Wildman–Crippen LogP) is 0.766. The van der Waals surface area contributed by atoms with Crippen molar-refractivity contribution in [1.29, 1.82) is 16.1 Å². The maximum atomic E-state index is 8.99. The molecular formula is C18H23N9. The molecule has 1 aliphatic heterocycles. The molecule has 2 aromatic heterocycles. The summed E-state index contributed by atoms with van der Waals surface area (Å²) in [4.78, 5) is 12.9. The van der Waals surface area contributed by atoms with E-state index >= 15 is 0 Å². The maximum absolute atomic E-state index is 8.99. The van der Waals surface area contributed by atoms with Crippen molar-refractivity contribution in [3.05, 3.63) is 30.0 Å². The van der Waals surface area contributed by atoms with Gasteiger partial charge in [0.25, 0.3) is 0 Å². The number of aliphatic imine (C=N–C) groups is 1. The fraction of sp³-hybridized carbons (Fsp3) is 0.444. The molecule has 0 aromatic carbocycles. The summed E-state index contributed by atoms with van der Waals surface area (Å²) >= 11 is 0. The zero-order valence-electron chi connectivity index (χ0n) is 15.2. The van der Waals surface area contributed by atoms with Crippen LogP contribution in [-0.2, 0) is 0 Å². The molecule has 0 amide bonds. The Hall–Kier alpha value is -2.96. The summed E-state index contributed by atoms with van der Waals surface area (Å²) in [5.41, 5.74) is 1.53. The minimum atomic E-state index is -0.346. The van der Waals surface area contributed by atoms with Crippen LogP contribution in [0.3, 0.4) is 0 Å². The Kier molecular flexibility index (Phi) is 5.69. The van der Waals surface area contributed by atoms with E-state index in [2.05, 4.69) is 31.7 Å². The summed E-state index contributed by atoms with van der Waals surface area (Å²) in [5.74, 6) is 0.167. The van der Waals surface area contributed by atoms with Crippen molar-refractivity contribution in [2.24, 2.45) is 4.99 Å². The van der Waals surface area contributed by atoms with Gasteiger partial charge in [0, 0.05) is 64.0 Å². The lowest BCUT2D eigenvalue weighted by Gasteiger charge is -2.42. The Morgan fingerprint density at radius 3 is 3.04 bits per heavy atom. The Bertz CT molecular complexity index is 901. The summed E-state index contributed by atoms with van der Waals surface area (Å²) < 4.78 is 1.78. The van der Waals surface area contributed by atoms with Gasteiger partial charge >= 0.3 is 0 Å². The fourth-order valence-corrected chi connectivity index (χ4v) is 3.15. The highest BCUT2D eigenvalue weighted by atomic mass is 15.1. The maximum Gasteiger partial charge on any atom is 0.159 e. The Balaban J connectivity index is 1.78. The lowest BCUT2D eigenvalue weighted by atomic mass is 9.89. The molecule has 3 rings (SSSR count). The predicted molar refractivity (Wildman–Crippen MR) is 104 cm³/mol. The van der Waals surface area contributed by atoms with Crippen molar-refractivity contribution < 1.29 is 0 Å². The van der Waals surface area contributed by atoms with Crippen molar-refractivity contribution in [3.8, 4) is 6.07 Å². The highest BCUT2D eigenvalue weighted by molar-refractivity contribution is 5.96. The Morgan fingerprint density at radius 2 is 2.41 bits per heavy atom. The van der Waals surface area contributed by atoms with Gasteiger partial charge in [-0.3, -0.25) is 9.39 Å². The van der Waals surface area contributed by atoms with E-state index in [9.17, 15) is 0 Å². The van der Waals surface area contributed by atoms with Crippen LogP contribution >= 0.6 is 0 Å². The van der Waals surface area contributed by atoms with E-state index in [1.165, 1.54) is 6.21 Å². The number of aromatic nitrogens is 3. The van der Waals surface area contributed by atoms with Crippen LogP contribution in [0.15, 0.2) is 23.5 Å². The molecule has 1 aliphatic rings. The molecule has 140 valence electrons. The van der Waals surface area contributed by atoms with Gasteiger partial charge in [-0.05, 0) is 0 Å². The van der Waals surface area contributed by atoms with Gasteiger partial charge in [-0.1, -0.05) is 0 Å². The SMILES string of the molecule is CN=CC(C=N)c1cc2nccn2c(C(=N)CCNC2(CC#N)CNC2)n1. The first-order chi connectivity index (χ1) is 13.1. The van der Waals surface area contributed by atoms with E-state index in [-0.39, 0.29) is 11.5 Å². The molecule has 1 unspecified atom stereocenters. The van der Waals surface area contributed by atoms with Crippen LogP contribution < -0.4 is 10.6 Å². The minimum Gasteiger partial charge on any atom is -0.313 e. The number of hydrogen-bond acceptors (Lipinski definition) is 8. The molecule has 9 nitrogen and oxygen atoms in total. The van der Waals surface area contributed by atoms with Crippen LogP contribution in [-0.4, -0.2) is 64.7 Å². The molecule has 3 heterocycles. The van der Waals surface area contributed by atoms with E-state index in [0.29, 0.717) is 42.3 Å². The number of hydrogen-bond donors (Lipinski definition) is 4.